The van der Waals surface area contributed by atoms with E-state index in [1.807, 2.05) is 9.80 Å². The van der Waals surface area contributed by atoms with Gasteiger partial charge in [0.1, 0.15) is 12.2 Å². The fourth-order valence-electron chi connectivity index (χ4n) is 5.23. The maximum atomic E-state index is 13.8. The molecule has 0 radical (unpaired) electrons. The number of carbonyl (C=O) groups is 2. The lowest BCUT2D eigenvalue weighted by Crippen LogP contribution is -2.50. The van der Waals surface area contributed by atoms with Crippen LogP contribution in [0.15, 0.2) is 29.1 Å². The van der Waals surface area contributed by atoms with Gasteiger partial charge in [-0.2, -0.15) is 27.7 Å². The fraction of sp³-hybridized carbons (Fsp3) is 0.500. The molecule has 2 aliphatic rings. The van der Waals surface area contributed by atoms with Crippen LogP contribution in [0, 0.1) is 6.92 Å². The van der Waals surface area contributed by atoms with E-state index in [1.165, 1.54) is 23.6 Å². The molecule has 13 nitrogen and oxygen atoms in total. The number of nitrogens with one attached hydrogen (secondary N) is 1. The zero-order chi connectivity index (χ0) is 30.2. The average Bonchev–Trinajstić information content (AvgIpc) is 3.41. The summed E-state index contributed by atoms with van der Waals surface area (Å²) in [6.45, 7) is 6.99. The standard InChI is InChI=1S/C26H32F3N9O4/c1-17-22(34-10-8-33(9-11-34)18(2)39)23(41)38-25(31-24(32-38)35-12-14-36(42-3)15-13-35)37(17)16-21(40)30-20-6-4-19(5-7-20)26(27,28)29/h4-7H,8-16H2,1-3H3,(H,30,40). The van der Waals surface area contributed by atoms with Crippen LogP contribution in [0.3, 0.4) is 0 Å². The molecule has 2 aliphatic heterocycles. The third kappa shape index (κ3) is 5.90. The van der Waals surface area contributed by atoms with Crippen molar-refractivity contribution in [1.29, 1.82) is 0 Å². The summed E-state index contributed by atoms with van der Waals surface area (Å²) >= 11 is 0. The maximum Gasteiger partial charge on any atom is 0.416 e. The van der Waals surface area contributed by atoms with Crippen molar-refractivity contribution >= 4 is 34.9 Å². The van der Waals surface area contributed by atoms with Crippen LogP contribution in [0.2, 0.25) is 0 Å². The molecule has 2 aromatic heterocycles. The smallest absolute Gasteiger partial charge is 0.362 e. The molecule has 3 aromatic rings. The van der Waals surface area contributed by atoms with Gasteiger partial charge in [-0.1, -0.05) is 0 Å². The number of nitrogens with zero attached hydrogens (tertiary/aromatic N) is 8. The van der Waals surface area contributed by atoms with E-state index in [2.05, 4.69) is 15.4 Å². The van der Waals surface area contributed by atoms with Crippen molar-refractivity contribution in [1.82, 2.24) is 29.1 Å². The van der Waals surface area contributed by atoms with Crippen molar-refractivity contribution in [2.75, 3.05) is 74.6 Å². The normalized spacial score (nSPS) is 16.8. The van der Waals surface area contributed by atoms with E-state index >= 15 is 0 Å². The number of rotatable bonds is 6. The highest BCUT2D eigenvalue weighted by molar-refractivity contribution is 5.91. The molecule has 5 rings (SSSR count). The molecule has 0 saturated carbocycles. The molecular weight excluding hydrogens is 559 g/mol. The molecule has 0 atom stereocenters. The molecule has 2 fully saturated rings. The van der Waals surface area contributed by atoms with Gasteiger partial charge in [0.15, 0.2) is 0 Å². The maximum absolute atomic E-state index is 13.8. The summed E-state index contributed by atoms with van der Waals surface area (Å²) in [6.07, 6.45) is -4.49. The number of carbonyl (C=O) groups excluding carboxylic acids is 2. The van der Waals surface area contributed by atoms with Crippen molar-refractivity contribution in [3.05, 3.63) is 45.9 Å². The lowest BCUT2D eigenvalue weighted by atomic mass is 10.2. The molecule has 0 aliphatic carbocycles. The van der Waals surface area contributed by atoms with E-state index in [9.17, 15) is 27.6 Å². The first kappa shape index (κ1) is 29.3. The number of hydrogen-bond donors (Lipinski definition) is 1. The van der Waals surface area contributed by atoms with Crippen LogP contribution in [0.1, 0.15) is 18.2 Å². The first-order valence-electron chi connectivity index (χ1n) is 13.5. The number of benzene rings is 1. The van der Waals surface area contributed by atoms with E-state index in [1.54, 1.807) is 28.6 Å². The largest absolute Gasteiger partial charge is 0.416 e. The summed E-state index contributed by atoms with van der Waals surface area (Å²) in [6, 6.07) is 4.16. The Bertz CT molecular complexity index is 1520. The lowest BCUT2D eigenvalue weighted by Gasteiger charge is -2.36. The van der Waals surface area contributed by atoms with Crippen molar-refractivity contribution in [2.45, 2.75) is 26.6 Å². The van der Waals surface area contributed by atoms with Crippen molar-refractivity contribution in [3.8, 4) is 0 Å². The van der Waals surface area contributed by atoms with Gasteiger partial charge in [-0.25, -0.2) is 0 Å². The number of aromatic nitrogens is 4. The van der Waals surface area contributed by atoms with E-state index < -0.39 is 23.2 Å². The predicted octanol–water partition coefficient (Wildman–Crippen LogP) is 1.21. The quantitative estimate of drug-likeness (QED) is 0.451. The van der Waals surface area contributed by atoms with Gasteiger partial charge < -0.3 is 29.4 Å². The monoisotopic (exact) mass is 591 g/mol. The molecule has 1 N–H and O–H groups in total. The molecular formula is C26H32F3N9O4. The van der Waals surface area contributed by atoms with E-state index in [0.717, 1.165) is 12.1 Å². The Morgan fingerprint density at radius 3 is 2.17 bits per heavy atom. The van der Waals surface area contributed by atoms with Crippen molar-refractivity contribution < 1.29 is 27.6 Å². The number of piperazine rings is 2. The zero-order valence-electron chi connectivity index (χ0n) is 23.5. The van der Waals surface area contributed by atoms with Gasteiger partial charge >= 0.3 is 6.18 Å². The van der Waals surface area contributed by atoms with Crippen molar-refractivity contribution in [3.63, 3.8) is 0 Å². The van der Waals surface area contributed by atoms with Crippen LogP contribution in [-0.4, -0.2) is 100 Å². The first-order chi connectivity index (χ1) is 20.0. The Morgan fingerprint density at radius 2 is 1.60 bits per heavy atom. The Labute approximate surface area is 239 Å². The van der Waals surface area contributed by atoms with Gasteiger partial charge in [0.25, 0.3) is 5.56 Å². The average molecular weight is 592 g/mol. The topological polar surface area (TPSA) is 121 Å². The van der Waals surface area contributed by atoms with Crippen LogP contribution in [0.25, 0.3) is 5.78 Å². The number of alkyl halides is 3. The molecule has 0 spiro atoms. The summed E-state index contributed by atoms with van der Waals surface area (Å²) in [7, 11) is 1.60. The van der Waals surface area contributed by atoms with Crippen LogP contribution < -0.4 is 20.7 Å². The third-order valence-electron chi connectivity index (χ3n) is 7.58. The number of hydroxylamine groups is 2. The lowest BCUT2D eigenvalue weighted by molar-refractivity contribution is -0.137. The zero-order valence-corrected chi connectivity index (χ0v) is 23.5. The van der Waals surface area contributed by atoms with Crippen LogP contribution in [0.5, 0.6) is 0 Å². The van der Waals surface area contributed by atoms with Crippen LogP contribution in [0.4, 0.5) is 30.5 Å². The van der Waals surface area contributed by atoms with Gasteiger partial charge in [-0.3, -0.25) is 14.4 Å². The number of halogens is 3. The highest BCUT2D eigenvalue weighted by Crippen LogP contribution is 2.30. The minimum atomic E-state index is -4.49. The number of anilines is 3. The molecule has 226 valence electrons. The SMILES string of the molecule is CON1CCN(c2nc3n(CC(=O)Nc4ccc(C(F)(F)F)cc4)c(C)c(N4CCN(C(C)=O)CC4)c(=O)n3n2)CC1. The second-order valence-corrected chi connectivity index (χ2v) is 10.2. The minimum absolute atomic E-state index is 0.0475. The summed E-state index contributed by atoms with van der Waals surface area (Å²) in [5.41, 5.74) is -0.201. The summed E-state index contributed by atoms with van der Waals surface area (Å²) in [4.78, 5) is 54.2. The predicted molar refractivity (Wildman–Crippen MR) is 147 cm³/mol. The Kier molecular flexibility index (Phi) is 8.10. The van der Waals surface area contributed by atoms with Crippen LogP contribution >= 0.6 is 0 Å². The number of amides is 2. The molecule has 42 heavy (non-hydrogen) atoms. The van der Waals surface area contributed by atoms with E-state index in [-0.39, 0.29) is 23.9 Å². The molecule has 2 saturated heterocycles. The van der Waals surface area contributed by atoms with Crippen LogP contribution in [-0.2, 0) is 27.1 Å². The van der Waals surface area contributed by atoms with Gasteiger partial charge in [0.2, 0.25) is 23.5 Å². The minimum Gasteiger partial charge on any atom is -0.362 e. The number of fused-ring (bicyclic) bond motifs is 1. The Hall–Kier alpha value is -4.18. The molecule has 1 aromatic carbocycles. The van der Waals surface area contributed by atoms with Gasteiger partial charge in [0.05, 0.1) is 12.7 Å². The molecule has 4 heterocycles. The fourth-order valence-corrected chi connectivity index (χ4v) is 5.23. The van der Waals surface area contributed by atoms with Gasteiger partial charge in [-0.05, 0) is 31.2 Å². The highest BCUT2D eigenvalue weighted by Gasteiger charge is 2.31. The first-order valence-corrected chi connectivity index (χ1v) is 13.5. The van der Waals surface area contributed by atoms with E-state index in [4.69, 9.17) is 4.84 Å². The van der Waals surface area contributed by atoms with Gasteiger partial charge in [-0.15, -0.1) is 5.10 Å². The highest BCUT2D eigenvalue weighted by atomic mass is 19.4. The summed E-state index contributed by atoms with van der Waals surface area (Å²) in [5.74, 6) is -0.0734. The second kappa shape index (κ2) is 11.6. The van der Waals surface area contributed by atoms with E-state index in [0.29, 0.717) is 69.7 Å². The number of hydrogen-bond acceptors (Lipinski definition) is 9. The second-order valence-electron chi connectivity index (χ2n) is 10.2. The van der Waals surface area contributed by atoms with Gasteiger partial charge in [0, 0.05) is 70.7 Å². The molecule has 16 heteroatoms. The molecule has 0 unspecified atom stereocenters. The Balaban J connectivity index is 1.48. The third-order valence-corrected chi connectivity index (χ3v) is 7.58. The van der Waals surface area contributed by atoms with Crippen molar-refractivity contribution in [2.24, 2.45) is 0 Å². The summed E-state index contributed by atoms with van der Waals surface area (Å²) in [5, 5.41) is 8.95. The molecule has 0 bridgehead atoms. The summed E-state index contributed by atoms with van der Waals surface area (Å²) < 4.78 is 41.6. The Morgan fingerprint density at radius 1 is 0.976 bits per heavy atom. The molecule has 2 amide bonds.